The van der Waals surface area contributed by atoms with Crippen molar-refractivity contribution >= 4 is 17.6 Å². The Morgan fingerprint density at radius 2 is 1.71 bits per heavy atom. The van der Waals surface area contributed by atoms with Crippen molar-refractivity contribution in [2.24, 2.45) is 5.92 Å². The number of carbonyl (C=O) groups is 2. The zero-order chi connectivity index (χ0) is 24.4. The molecule has 0 saturated carbocycles. The summed E-state index contributed by atoms with van der Waals surface area (Å²) in [7, 11) is 0. The summed E-state index contributed by atoms with van der Waals surface area (Å²) in [6.45, 7) is 3.72. The van der Waals surface area contributed by atoms with Crippen LogP contribution in [-0.4, -0.2) is 40.5 Å². The average molecular weight is 471 g/mol. The maximum atomic E-state index is 13.4. The molecule has 3 unspecified atom stereocenters. The molecule has 0 radical (unpaired) electrons. The number of nitrogens with one attached hydrogen (secondary N) is 2. The highest BCUT2D eigenvalue weighted by Crippen LogP contribution is 2.34. The first-order valence-corrected chi connectivity index (χ1v) is 12.1. The Labute approximate surface area is 204 Å². The number of amides is 3. The zero-order valence-corrected chi connectivity index (χ0v) is 19.8. The van der Waals surface area contributed by atoms with Gasteiger partial charge in [0.15, 0.2) is 0 Å². The molecule has 3 heterocycles. The lowest BCUT2D eigenvalue weighted by molar-refractivity contribution is -0.118. The summed E-state index contributed by atoms with van der Waals surface area (Å²) in [5.74, 6) is 0.0947. The molecule has 2 aliphatic rings. The van der Waals surface area contributed by atoms with Gasteiger partial charge >= 0.3 is 6.03 Å². The number of aryl methyl sites for hydroxylation is 1. The summed E-state index contributed by atoms with van der Waals surface area (Å²) in [4.78, 5) is 40.7. The number of piperidine rings is 1. The molecule has 2 bridgehead atoms. The summed E-state index contributed by atoms with van der Waals surface area (Å²) in [5, 5.41) is 5.94. The van der Waals surface area contributed by atoms with Gasteiger partial charge < -0.3 is 20.1 Å². The first-order valence-electron chi connectivity index (χ1n) is 12.1. The van der Waals surface area contributed by atoms with E-state index < -0.39 is 6.04 Å². The molecule has 3 atom stereocenters. The number of urea groups is 1. The highest BCUT2D eigenvalue weighted by Gasteiger charge is 2.37. The minimum Gasteiger partial charge on any atom is -0.326 e. The molecule has 3 aromatic rings. The fourth-order valence-electron chi connectivity index (χ4n) is 5.23. The molecule has 2 N–H and O–H groups in total. The average Bonchev–Trinajstić information content (AvgIpc) is 2.86. The van der Waals surface area contributed by atoms with Crippen molar-refractivity contribution in [2.45, 2.75) is 38.3 Å². The van der Waals surface area contributed by atoms with E-state index in [9.17, 15) is 14.4 Å². The van der Waals surface area contributed by atoms with Crippen LogP contribution in [0.3, 0.4) is 0 Å². The lowest BCUT2D eigenvalue weighted by atomic mass is 9.83. The summed E-state index contributed by atoms with van der Waals surface area (Å²) < 4.78 is 1.85. The van der Waals surface area contributed by atoms with Crippen molar-refractivity contribution < 1.29 is 9.59 Å². The molecule has 7 nitrogen and oxygen atoms in total. The Balaban J connectivity index is 1.32. The van der Waals surface area contributed by atoms with E-state index in [1.807, 2.05) is 72.2 Å². The summed E-state index contributed by atoms with van der Waals surface area (Å²) in [6.07, 6.45) is 1.36. The predicted molar refractivity (Wildman–Crippen MR) is 135 cm³/mol. The summed E-state index contributed by atoms with van der Waals surface area (Å²) in [5.41, 5.74) is 3.79. The van der Waals surface area contributed by atoms with Crippen LogP contribution in [-0.2, 0) is 17.8 Å². The van der Waals surface area contributed by atoms with E-state index in [0.29, 0.717) is 31.7 Å². The third-order valence-corrected chi connectivity index (χ3v) is 6.98. The Hall–Kier alpha value is -3.87. The Morgan fingerprint density at radius 1 is 0.943 bits per heavy atom. The predicted octanol–water partition coefficient (Wildman–Crippen LogP) is 3.54. The molecule has 7 heteroatoms. The quantitative estimate of drug-likeness (QED) is 0.598. The maximum absolute atomic E-state index is 13.4. The van der Waals surface area contributed by atoms with Gasteiger partial charge in [0.25, 0.3) is 5.56 Å². The second kappa shape index (κ2) is 9.78. The highest BCUT2D eigenvalue weighted by atomic mass is 16.2. The molecule has 1 saturated heterocycles. The van der Waals surface area contributed by atoms with Gasteiger partial charge in [-0.3, -0.25) is 9.59 Å². The van der Waals surface area contributed by atoms with Gasteiger partial charge in [-0.1, -0.05) is 54.1 Å². The normalized spacial score (nSPS) is 19.4. The number of hydrogen-bond donors (Lipinski definition) is 2. The molecule has 1 aromatic heterocycles. The maximum Gasteiger partial charge on any atom is 0.318 e. The second-order valence-electron chi connectivity index (χ2n) is 9.65. The molecule has 0 aliphatic carbocycles. The first-order chi connectivity index (χ1) is 17.0. The van der Waals surface area contributed by atoms with Gasteiger partial charge in [-0.25, -0.2) is 4.79 Å². The third-order valence-electron chi connectivity index (χ3n) is 6.98. The number of likely N-dealkylation sites (tertiary alicyclic amines) is 1. The summed E-state index contributed by atoms with van der Waals surface area (Å²) >= 11 is 0. The molecule has 35 heavy (non-hydrogen) atoms. The summed E-state index contributed by atoms with van der Waals surface area (Å²) in [6, 6.07) is 21.7. The number of fused-ring (bicyclic) bond motifs is 4. The minimum atomic E-state index is -0.720. The van der Waals surface area contributed by atoms with Crippen LogP contribution in [0.2, 0.25) is 0 Å². The van der Waals surface area contributed by atoms with Crippen molar-refractivity contribution in [1.82, 2.24) is 14.8 Å². The number of hydrogen-bond acceptors (Lipinski definition) is 3. The molecule has 2 aliphatic heterocycles. The smallest absolute Gasteiger partial charge is 0.318 e. The first kappa shape index (κ1) is 22.9. The van der Waals surface area contributed by atoms with E-state index in [4.69, 9.17) is 0 Å². The van der Waals surface area contributed by atoms with Crippen LogP contribution in [0.25, 0.3) is 0 Å². The molecule has 5 rings (SSSR count). The van der Waals surface area contributed by atoms with Crippen molar-refractivity contribution in [3.05, 3.63) is 100.0 Å². The molecule has 1 fully saturated rings. The van der Waals surface area contributed by atoms with Gasteiger partial charge in [0.1, 0.15) is 6.04 Å². The number of pyridine rings is 1. The number of aromatic nitrogens is 1. The molecule has 2 aromatic carbocycles. The number of benzene rings is 2. The Morgan fingerprint density at radius 3 is 2.49 bits per heavy atom. The Kier molecular flexibility index (Phi) is 6.40. The zero-order valence-electron chi connectivity index (χ0n) is 19.8. The SMILES string of the molecule is Cc1ccc(NC(=O)C(Cc2ccccc2)NC(=O)N2CC3CC(C2)c2cccc(=O)n2C3)cc1. The largest absolute Gasteiger partial charge is 0.326 e. The van der Waals surface area contributed by atoms with Crippen molar-refractivity contribution in [2.75, 3.05) is 18.4 Å². The van der Waals surface area contributed by atoms with Crippen LogP contribution in [0.1, 0.15) is 29.2 Å². The fourth-order valence-corrected chi connectivity index (χ4v) is 5.23. The van der Waals surface area contributed by atoms with Crippen LogP contribution in [0.4, 0.5) is 10.5 Å². The van der Waals surface area contributed by atoms with Crippen LogP contribution in [0, 0.1) is 12.8 Å². The van der Waals surface area contributed by atoms with E-state index in [-0.39, 0.29) is 29.3 Å². The van der Waals surface area contributed by atoms with E-state index in [2.05, 4.69) is 10.6 Å². The van der Waals surface area contributed by atoms with Crippen LogP contribution in [0.15, 0.2) is 77.6 Å². The number of nitrogens with zero attached hydrogens (tertiary/aromatic N) is 2. The number of carbonyl (C=O) groups excluding carboxylic acids is 2. The highest BCUT2D eigenvalue weighted by molar-refractivity contribution is 5.97. The van der Waals surface area contributed by atoms with Gasteiger partial charge in [0.05, 0.1) is 0 Å². The molecular weight excluding hydrogens is 440 g/mol. The minimum absolute atomic E-state index is 0.0193. The van der Waals surface area contributed by atoms with Crippen LogP contribution < -0.4 is 16.2 Å². The Bertz CT molecular complexity index is 1270. The van der Waals surface area contributed by atoms with Gasteiger partial charge in [0.2, 0.25) is 5.91 Å². The van der Waals surface area contributed by atoms with Gasteiger partial charge in [-0.2, -0.15) is 0 Å². The van der Waals surface area contributed by atoms with Crippen LogP contribution in [0.5, 0.6) is 0 Å². The topological polar surface area (TPSA) is 83.4 Å². The van der Waals surface area contributed by atoms with E-state index in [1.165, 1.54) is 0 Å². The van der Waals surface area contributed by atoms with Crippen LogP contribution >= 0.6 is 0 Å². The fraction of sp³-hybridized carbons (Fsp3) is 0.321. The third kappa shape index (κ3) is 5.14. The van der Waals surface area contributed by atoms with Gasteiger partial charge in [-0.15, -0.1) is 0 Å². The second-order valence-corrected chi connectivity index (χ2v) is 9.65. The molecule has 0 spiro atoms. The monoisotopic (exact) mass is 470 g/mol. The number of anilines is 1. The standard InChI is InChI=1S/C28H30N4O3/c1-19-10-12-23(13-11-19)29-27(34)24(15-20-6-3-2-4-7-20)30-28(35)31-16-21-14-22(18-31)25-8-5-9-26(33)32(25)17-21/h2-13,21-22,24H,14-18H2,1H3,(H,29,34)(H,30,35). The van der Waals surface area contributed by atoms with Gasteiger partial charge in [-0.05, 0) is 43.0 Å². The van der Waals surface area contributed by atoms with Crippen molar-refractivity contribution in [3.63, 3.8) is 0 Å². The van der Waals surface area contributed by atoms with Gasteiger partial charge in [0, 0.05) is 49.4 Å². The van der Waals surface area contributed by atoms with E-state index in [0.717, 1.165) is 23.2 Å². The lowest BCUT2D eigenvalue weighted by Gasteiger charge is -2.43. The lowest BCUT2D eigenvalue weighted by Crippen LogP contribution is -2.55. The number of rotatable bonds is 5. The van der Waals surface area contributed by atoms with E-state index in [1.54, 1.807) is 17.0 Å². The molecule has 180 valence electrons. The van der Waals surface area contributed by atoms with Crippen molar-refractivity contribution in [1.29, 1.82) is 0 Å². The van der Waals surface area contributed by atoms with Crippen molar-refractivity contribution in [3.8, 4) is 0 Å². The van der Waals surface area contributed by atoms with E-state index >= 15 is 0 Å². The molecule has 3 amide bonds. The molecular formula is C28H30N4O3.